The van der Waals surface area contributed by atoms with Crippen LogP contribution in [0, 0.1) is 23.2 Å². The second-order valence-electron chi connectivity index (χ2n) is 10.7. The molecule has 1 saturated heterocycles. The van der Waals surface area contributed by atoms with Gasteiger partial charge in [0.05, 0.1) is 29.1 Å². The number of nitrogens with zero attached hydrogens (tertiary/aromatic N) is 4. The van der Waals surface area contributed by atoms with Crippen molar-refractivity contribution in [1.82, 2.24) is 14.5 Å². The Morgan fingerprint density at radius 2 is 1.90 bits per heavy atom. The van der Waals surface area contributed by atoms with Crippen LogP contribution in [0.1, 0.15) is 72.0 Å². The van der Waals surface area contributed by atoms with Gasteiger partial charge in [0.25, 0.3) is 5.91 Å². The minimum absolute atomic E-state index is 0.0252. The average molecular weight is 538 g/mol. The molecule has 5 rings (SSSR count). The number of nitrogens with one attached hydrogen (secondary N) is 1. The fourth-order valence-electron chi connectivity index (χ4n) is 6.16. The average Bonchev–Trinajstić information content (AvgIpc) is 3.50. The second-order valence-corrected chi connectivity index (χ2v) is 10.7. The van der Waals surface area contributed by atoms with Crippen LogP contribution >= 0.6 is 0 Å². The van der Waals surface area contributed by atoms with Gasteiger partial charge in [0.1, 0.15) is 5.65 Å². The zero-order valence-electron chi connectivity index (χ0n) is 21.9. The number of fused-ring (bicyclic) bond motifs is 1. The molecule has 7 nitrogen and oxygen atoms in total. The topological polar surface area (TPSA) is 91.0 Å². The van der Waals surface area contributed by atoms with Crippen LogP contribution < -0.4 is 5.32 Å². The maximum Gasteiger partial charge on any atom is 0.419 e. The third kappa shape index (κ3) is 5.10. The Balaban J connectivity index is 1.46. The number of aromatic nitrogens is 2. The first-order valence-corrected chi connectivity index (χ1v) is 13.2. The fraction of sp³-hybridized carbons (Fsp3) is 0.448. The van der Waals surface area contributed by atoms with Crippen molar-refractivity contribution in [2.45, 2.75) is 51.1 Å². The standard InChI is InChI=1S/C29H30F3N5O2/c1-17-5-3-8-21(17)28(39)37-11-9-19(10-12-37)22-16-36(2)26-24(22)25(29(30,31)32)23(15-34-26)35-27(38)20-7-4-6-18(13-20)14-33/h4,6-7,13,15-17,19,21H,3,5,8-12H2,1-2H3,(H,35,38)/t17-,21-/m1/s1. The molecule has 2 fully saturated rings. The van der Waals surface area contributed by atoms with Crippen molar-refractivity contribution in [3.05, 3.63) is 58.9 Å². The van der Waals surface area contributed by atoms with E-state index >= 15 is 0 Å². The number of halogens is 3. The normalized spacial score (nSPS) is 20.3. The third-order valence-corrected chi connectivity index (χ3v) is 8.23. The zero-order valence-corrected chi connectivity index (χ0v) is 21.9. The first-order valence-electron chi connectivity index (χ1n) is 13.2. The highest BCUT2D eigenvalue weighted by Crippen LogP contribution is 2.44. The summed E-state index contributed by atoms with van der Waals surface area (Å²) in [5.41, 5.74) is -0.367. The van der Waals surface area contributed by atoms with E-state index in [1.54, 1.807) is 17.8 Å². The highest BCUT2D eigenvalue weighted by Gasteiger charge is 2.40. The minimum atomic E-state index is -4.76. The Morgan fingerprint density at radius 3 is 2.54 bits per heavy atom. The SMILES string of the molecule is C[C@@H]1CCC[C@H]1C(=O)N1CCC(c2cn(C)c3ncc(NC(=O)c4cccc(C#N)c4)c(C(F)(F)F)c23)CC1. The number of benzene rings is 1. The number of amides is 2. The predicted molar refractivity (Wildman–Crippen MR) is 140 cm³/mol. The predicted octanol–water partition coefficient (Wildman–Crippen LogP) is 5.86. The third-order valence-electron chi connectivity index (χ3n) is 8.23. The van der Waals surface area contributed by atoms with Crippen molar-refractivity contribution in [3.8, 4) is 6.07 Å². The highest BCUT2D eigenvalue weighted by molar-refractivity contribution is 6.06. The van der Waals surface area contributed by atoms with Gasteiger partial charge < -0.3 is 14.8 Å². The van der Waals surface area contributed by atoms with Gasteiger partial charge in [0.15, 0.2) is 0 Å². The minimum Gasteiger partial charge on any atom is -0.342 e. The van der Waals surface area contributed by atoms with Gasteiger partial charge in [-0.25, -0.2) is 4.98 Å². The number of likely N-dealkylation sites (tertiary alicyclic amines) is 1. The Bertz CT molecular complexity index is 1460. The Morgan fingerprint density at radius 1 is 1.15 bits per heavy atom. The van der Waals surface area contributed by atoms with Gasteiger partial charge >= 0.3 is 6.18 Å². The van der Waals surface area contributed by atoms with Gasteiger partial charge in [-0.2, -0.15) is 18.4 Å². The lowest BCUT2D eigenvalue weighted by Crippen LogP contribution is -2.42. The molecule has 2 amide bonds. The molecule has 2 aromatic heterocycles. The van der Waals surface area contributed by atoms with E-state index in [2.05, 4.69) is 17.2 Å². The van der Waals surface area contributed by atoms with E-state index in [0.29, 0.717) is 37.4 Å². The molecule has 1 aliphatic heterocycles. The highest BCUT2D eigenvalue weighted by atomic mass is 19.4. The number of anilines is 1. The summed E-state index contributed by atoms with van der Waals surface area (Å²) in [5.74, 6) is -0.367. The van der Waals surface area contributed by atoms with Crippen LogP contribution in [0.5, 0.6) is 0 Å². The number of hydrogen-bond acceptors (Lipinski definition) is 4. The Labute approximate surface area is 224 Å². The quantitative estimate of drug-likeness (QED) is 0.452. The van der Waals surface area contributed by atoms with Crippen LogP contribution in [0.25, 0.3) is 11.0 Å². The van der Waals surface area contributed by atoms with Gasteiger partial charge in [0, 0.05) is 43.2 Å². The molecule has 39 heavy (non-hydrogen) atoms. The van der Waals surface area contributed by atoms with Crippen LogP contribution in [0.15, 0.2) is 36.7 Å². The smallest absolute Gasteiger partial charge is 0.342 e. The van der Waals surface area contributed by atoms with Crippen molar-refractivity contribution < 1.29 is 22.8 Å². The van der Waals surface area contributed by atoms with Gasteiger partial charge in [-0.05, 0) is 61.3 Å². The summed E-state index contributed by atoms with van der Waals surface area (Å²) in [6.07, 6.45) is 2.09. The number of nitriles is 1. The second kappa shape index (κ2) is 10.4. The fourth-order valence-corrected chi connectivity index (χ4v) is 6.16. The van der Waals surface area contributed by atoms with E-state index in [1.807, 2.05) is 11.0 Å². The summed E-state index contributed by atoms with van der Waals surface area (Å²) in [4.78, 5) is 32.1. The molecule has 10 heteroatoms. The first-order chi connectivity index (χ1) is 18.6. The summed E-state index contributed by atoms with van der Waals surface area (Å²) in [6.45, 7) is 3.12. The Hall–Kier alpha value is -3.87. The lowest BCUT2D eigenvalue weighted by Gasteiger charge is -2.34. The molecule has 2 atom stereocenters. The number of carbonyl (C=O) groups is 2. The molecule has 0 bridgehead atoms. The van der Waals surface area contributed by atoms with Crippen LogP contribution in [-0.4, -0.2) is 39.4 Å². The lowest BCUT2D eigenvalue weighted by molar-refractivity contribution is -0.137. The molecule has 1 aliphatic carbocycles. The molecule has 0 radical (unpaired) electrons. The van der Waals surface area contributed by atoms with Gasteiger partial charge in [0.2, 0.25) is 5.91 Å². The van der Waals surface area contributed by atoms with E-state index in [-0.39, 0.29) is 39.9 Å². The summed E-state index contributed by atoms with van der Waals surface area (Å²) in [7, 11) is 1.66. The summed E-state index contributed by atoms with van der Waals surface area (Å²) < 4.78 is 45.4. The maximum atomic E-state index is 14.6. The van der Waals surface area contributed by atoms with E-state index < -0.39 is 23.3 Å². The number of piperidine rings is 1. The lowest BCUT2D eigenvalue weighted by atomic mass is 9.87. The largest absolute Gasteiger partial charge is 0.419 e. The van der Waals surface area contributed by atoms with E-state index in [9.17, 15) is 22.8 Å². The molecule has 0 unspecified atom stereocenters. The summed E-state index contributed by atoms with van der Waals surface area (Å²) in [6, 6.07) is 7.69. The molecule has 0 spiro atoms. The summed E-state index contributed by atoms with van der Waals surface area (Å²) >= 11 is 0. The number of carbonyl (C=O) groups excluding carboxylic acids is 2. The van der Waals surface area contributed by atoms with Crippen LogP contribution in [0.2, 0.25) is 0 Å². The molecule has 204 valence electrons. The van der Waals surface area contributed by atoms with Crippen molar-refractivity contribution >= 4 is 28.5 Å². The molecule has 2 aliphatic rings. The maximum absolute atomic E-state index is 14.6. The monoisotopic (exact) mass is 537 g/mol. The molecular formula is C29H30F3N5O2. The molecule has 1 N–H and O–H groups in total. The van der Waals surface area contributed by atoms with Crippen LogP contribution in [-0.2, 0) is 18.0 Å². The first kappa shape index (κ1) is 26.7. The van der Waals surface area contributed by atoms with Crippen molar-refractivity contribution in [1.29, 1.82) is 5.26 Å². The van der Waals surface area contributed by atoms with Crippen molar-refractivity contribution in [2.24, 2.45) is 18.9 Å². The number of hydrogen-bond donors (Lipinski definition) is 1. The van der Waals surface area contributed by atoms with Gasteiger partial charge in [-0.1, -0.05) is 19.4 Å². The number of pyridine rings is 1. The number of rotatable bonds is 4. The molecule has 1 saturated carbocycles. The van der Waals surface area contributed by atoms with Crippen LogP contribution in [0.3, 0.4) is 0 Å². The zero-order chi connectivity index (χ0) is 27.9. The van der Waals surface area contributed by atoms with E-state index in [0.717, 1.165) is 25.5 Å². The van der Waals surface area contributed by atoms with Gasteiger partial charge in [-0.3, -0.25) is 9.59 Å². The Kier molecular flexibility index (Phi) is 7.10. The van der Waals surface area contributed by atoms with Gasteiger partial charge in [-0.15, -0.1) is 0 Å². The molecule has 3 aromatic rings. The van der Waals surface area contributed by atoms with Crippen LogP contribution in [0.4, 0.5) is 18.9 Å². The number of aryl methyl sites for hydroxylation is 1. The molecule has 3 heterocycles. The van der Waals surface area contributed by atoms with E-state index in [4.69, 9.17) is 5.26 Å². The number of alkyl halides is 3. The molecule has 1 aromatic carbocycles. The molecular weight excluding hydrogens is 507 g/mol. The van der Waals surface area contributed by atoms with Crippen molar-refractivity contribution in [3.63, 3.8) is 0 Å². The summed E-state index contributed by atoms with van der Waals surface area (Å²) in [5, 5.41) is 11.5. The van der Waals surface area contributed by atoms with E-state index in [1.165, 1.54) is 24.3 Å². The van der Waals surface area contributed by atoms with Crippen molar-refractivity contribution in [2.75, 3.05) is 18.4 Å².